The molecule has 0 bridgehead atoms. The van der Waals surface area contributed by atoms with E-state index in [-0.39, 0.29) is 0 Å². The van der Waals surface area contributed by atoms with Crippen LogP contribution >= 0.6 is 11.6 Å². The Bertz CT molecular complexity index is 299. The first kappa shape index (κ1) is 11.3. The van der Waals surface area contributed by atoms with E-state index in [0.717, 1.165) is 23.8 Å². The highest BCUT2D eigenvalue weighted by Crippen LogP contribution is 2.25. The number of rotatable bonds is 4. The molecule has 0 atom stereocenters. The van der Waals surface area contributed by atoms with Crippen molar-refractivity contribution < 1.29 is 0 Å². The molecular formula is C11H17ClN2. The Hall–Kier alpha value is -0.730. The molecule has 0 unspecified atom stereocenters. The van der Waals surface area contributed by atoms with Crippen LogP contribution in [0.15, 0.2) is 18.2 Å². The minimum atomic E-state index is 0.821. The second kappa shape index (κ2) is 5.23. The number of anilines is 1. The molecule has 0 aliphatic rings. The van der Waals surface area contributed by atoms with Crippen LogP contribution in [-0.4, -0.2) is 20.6 Å². The predicted octanol–water partition coefficient (Wildman–Crippen LogP) is 2.52. The summed E-state index contributed by atoms with van der Waals surface area (Å²) in [7, 11) is 3.97. The molecule has 1 rings (SSSR count). The van der Waals surface area contributed by atoms with Gasteiger partial charge in [-0.2, -0.15) is 0 Å². The molecule has 0 heterocycles. The zero-order chi connectivity index (χ0) is 10.6. The standard InChI is InChI=1S/C11H17ClN2/c1-4-14(3)11-6-5-9(8-13-2)7-10(11)12/h5-7,13H,4,8H2,1-3H3. The minimum Gasteiger partial charge on any atom is -0.374 e. The summed E-state index contributed by atoms with van der Waals surface area (Å²) < 4.78 is 0. The minimum absolute atomic E-state index is 0.821. The Morgan fingerprint density at radius 1 is 1.43 bits per heavy atom. The fraction of sp³-hybridized carbons (Fsp3) is 0.455. The lowest BCUT2D eigenvalue weighted by Gasteiger charge is -2.18. The summed E-state index contributed by atoms with van der Waals surface area (Å²) >= 11 is 6.17. The maximum atomic E-state index is 6.17. The van der Waals surface area contributed by atoms with Gasteiger partial charge in [-0.1, -0.05) is 17.7 Å². The van der Waals surface area contributed by atoms with Gasteiger partial charge in [-0.3, -0.25) is 0 Å². The zero-order valence-electron chi connectivity index (χ0n) is 8.97. The largest absolute Gasteiger partial charge is 0.374 e. The number of hydrogen-bond acceptors (Lipinski definition) is 2. The van der Waals surface area contributed by atoms with Crippen molar-refractivity contribution in [2.45, 2.75) is 13.5 Å². The van der Waals surface area contributed by atoms with E-state index in [1.807, 2.05) is 20.2 Å². The summed E-state index contributed by atoms with van der Waals surface area (Å²) in [6.07, 6.45) is 0. The molecule has 0 saturated heterocycles. The molecule has 1 aromatic carbocycles. The van der Waals surface area contributed by atoms with Crippen LogP contribution in [0, 0.1) is 0 Å². The molecule has 2 nitrogen and oxygen atoms in total. The normalized spacial score (nSPS) is 10.3. The van der Waals surface area contributed by atoms with Crippen molar-refractivity contribution in [2.75, 3.05) is 25.5 Å². The third-order valence-corrected chi connectivity index (χ3v) is 2.58. The Kier molecular flexibility index (Phi) is 4.23. The lowest BCUT2D eigenvalue weighted by molar-refractivity contribution is 0.817. The first-order valence-electron chi connectivity index (χ1n) is 4.83. The van der Waals surface area contributed by atoms with Gasteiger partial charge in [-0.25, -0.2) is 0 Å². The lowest BCUT2D eigenvalue weighted by Crippen LogP contribution is -2.16. The third kappa shape index (κ3) is 2.63. The molecule has 0 aliphatic heterocycles. The van der Waals surface area contributed by atoms with Crippen molar-refractivity contribution in [2.24, 2.45) is 0 Å². The Labute approximate surface area is 90.9 Å². The summed E-state index contributed by atoms with van der Waals surface area (Å²) in [5, 5.41) is 3.92. The summed E-state index contributed by atoms with van der Waals surface area (Å²) in [4.78, 5) is 2.13. The van der Waals surface area contributed by atoms with E-state index in [1.165, 1.54) is 5.56 Å². The van der Waals surface area contributed by atoms with Crippen LogP contribution in [0.5, 0.6) is 0 Å². The van der Waals surface area contributed by atoms with Gasteiger partial charge in [0.1, 0.15) is 0 Å². The molecule has 0 radical (unpaired) electrons. The number of nitrogens with one attached hydrogen (secondary N) is 1. The summed E-state index contributed by atoms with van der Waals surface area (Å²) in [5.41, 5.74) is 2.31. The van der Waals surface area contributed by atoms with Gasteiger partial charge in [0.25, 0.3) is 0 Å². The molecule has 3 heteroatoms. The molecule has 0 fully saturated rings. The second-order valence-corrected chi connectivity index (χ2v) is 3.74. The smallest absolute Gasteiger partial charge is 0.0642 e. The van der Waals surface area contributed by atoms with Gasteiger partial charge >= 0.3 is 0 Å². The highest BCUT2D eigenvalue weighted by Gasteiger charge is 2.04. The zero-order valence-corrected chi connectivity index (χ0v) is 9.73. The van der Waals surface area contributed by atoms with E-state index in [0.29, 0.717) is 0 Å². The van der Waals surface area contributed by atoms with Gasteiger partial charge < -0.3 is 10.2 Å². The van der Waals surface area contributed by atoms with Crippen LogP contribution in [0.1, 0.15) is 12.5 Å². The van der Waals surface area contributed by atoms with Crippen LogP contribution in [0.25, 0.3) is 0 Å². The van der Waals surface area contributed by atoms with E-state index < -0.39 is 0 Å². The van der Waals surface area contributed by atoms with Crippen LogP contribution in [-0.2, 0) is 6.54 Å². The number of nitrogens with zero attached hydrogens (tertiary/aromatic N) is 1. The molecule has 0 aromatic heterocycles. The van der Waals surface area contributed by atoms with Gasteiger partial charge in [-0.05, 0) is 31.7 Å². The van der Waals surface area contributed by atoms with E-state index in [9.17, 15) is 0 Å². The predicted molar refractivity (Wildman–Crippen MR) is 63.2 cm³/mol. The van der Waals surface area contributed by atoms with Crippen LogP contribution in [0.4, 0.5) is 5.69 Å². The van der Waals surface area contributed by atoms with Gasteiger partial charge in [0.05, 0.1) is 10.7 Å². The van der Waals surface area contributed by atoms with Gasteiger partial charge in [0.2, 0.25) is 0 Å². The third-order valence-electron chi connectivity index (χ3n) is 2.28. The van der Waals surface area contributed by atoms with Gasteiger partial charge in [-0.15, -0.1) is 0 Å². The highest BCUT2D eigenvalue weighted by atomic mass is 35.5. The maximum absolute atomic E-state index is 6.17. The van der Waals surface area contributed by atoms with Crippen molar-refractivity contribution in [3.63, 3.8) is 0 Å². The fourth-order valence-corrected chi connectivity index (χ4v) is 1.69. The highest BCUT2D eigenvalue weighted by molar-refractivity contribution is 6.33. The molecule has 0 saturated carbocycles. The molecule has 0 spiro atoms. The van der Waals surface area contributed by atoms with Crippen molar-refractivity contribution in [3.8, 4) is 0 Å². The molecule has 1 N–H and O–H groups in total. The second-order valence-electron chi connectivity index (χ2n) is 3.33. The average Bonchev–Trinajstić information content (AvgIpc) is 2.17. The Morgan fingerprint density at radius 3 is 2.64 bits per heavy atom. The Morgan fingerprint density at radius 2 is 2.14 bits per heavy atom. The van der Waals surface area contributed by atoms with E-state index in [1.54, 1.807) is 0 Å². The van der Waals surface area contributed by atoms with Gasteiger partial charge in [0.15, 0.2) is 0 Å². The van der Waals surface area contributed by atoms with Crippen molar-refractivity contribution >= 4 is 17.3 Å². The van der Waals surface area contributed by atoms with Crippen LogP contribution in [0.3, 0.4) is 0 Å². The molecule has 1 aromatic rings. The maximum Gasteiger partial charge on any atom is 0.0642 e. The summed E-state index contributed by atoms with van der Waals surface area (Å²) in [6, 6.07) is 6.18. The van der Waals surface area contributed by atoms with Crippen LogP contribution in [0.2, 0.25) is 5.02 Å². The first-order valence-corrected chi connectivity index (χ1v) is 5.21. The molecule has 78 valence electrons. The topological polar surface area (TPSA) is 15.3 Å². The lowest BCUT2D eigenvalue weighted by atomic mass is 10.2. The van der Waals surface area contributed by atoms with Crippen molar-refractivity contribution in [1.82, 2.24) is 5.32 Å². The van der Waals surface area contributed by atoms with Crippen LogP contribution < -0.4 is 10.2 Å². The van der Waals surface area contributed by atoms with Crippen molar-refractivity contribution in [1.29, 1.82) is 0 Å². The summed E-state index contributed by atoms with van der Waals surface area (Å²) in [5.74, 6) is 0. The van der Waals surface area contributed by atoms with E-state index in [4.69, 9.17) is 11.6 Å². The average molecular weight is 213 g/mol. The molecular weight excluding hydrogens is 196 g/mol. The molecule has 14 heavy (non-hydrogen) atoms. The number of halogens is 1. The number of hydrogen-bond donors (Lipinski definition) is 1. The van der Waals surface area contributed by atoms with Crippen molar-refractivity contribution in [3.05, 3.63) is 28.8 Å². The first-order chi connectivity index (χ1) is 6.69. The van der Waals surface area contributed by atoms with E-state index >= 15 is 0 Å². The SMILES string of the molecule is CCN(C)c1ccc(CNC)cc1Cl. The monoisotopic (exact) mass is 212 g/mol. The Balaban J connectivity index is 2.89. The van der Waals surface area contributed by atoms with Gasteiger partial charge in [0, 0.05) is 20.1 Å². The quantitative estimate of drug-likeness (QED) is 0.825. The summed E-state index contributed by atoms with van der Waals surface area (Å²) in [6.45, 7) is 3.93. The van der Waals surface area contributed by atoms with E-state index in [2.05, 4.69) is 29.3 Å². The molecule has 0 amide bonds. The fourth-order valence-electron chi connectivity index (χ4n) is 1.34. The number of benzene rings is 1. The molecule has 0 aliphatic carbocycles.